The number of phosphoric acid groups is 1. The van der Waals surface area contributed by atoms with Crippen LogP contribution in [0.1, 0.15) is 50.5 Å². The van der Waals surface area contributed by atoms with Gasteiger partial charge in [-0.1, -0.05) is 36.4 Å². The zero-order valence-electron chi connectivity index (χ0n) is 18.2. The molecular weight excluding hydrogens is 461 g/mol. The molecule has 0 spiro atoms. The number of carbonyl (C=O) groups is 1. The molecule has 8 nitrogen and oxygen atoms in total. The number of hydrogen-bond donors (Lipinski definition) is 3. The standard InChI is InChI=1S/C21H25BO4.K.H3O4P.H/c1-15(23)18-13-17(24-14-16-9-7-6-8-10-16)11-12-19(18)22-25-20(2,3)21(4,5)26-22;;1-5(2,3)4;/h6-13H,14H2,1-5H3;;(H3,1,2,3,4);. The first-order valence-electron chi connectivity index (χ1n) is 9.65. The van der Waals surface area contributed by atoms with E-state index in [1.54, 1.807) is 13.0 Å². The predicted octanol–water partition coefficient (Wildman–Crippen LogP) is 2.19. The molecule has 2 aromatic rings. The predicted molar refractivity (Wildman–Crippen MR) is 124 cm³/mol. The van der Waals surface area contributed by atoms with Crippen LogP contribution < -0.4 is 10.2 Å². The van der Waals surface area contributed by atoms with Gasteiger partial charge in [-0.3, -0.25) is 4.79 Å². The van der Waals surface area contributed by atoms with E-state index in [1.807, 2.05) is 70.2 Å². The third-order valence-electron chi connectivity index (χ3n) is 5.16. The Bertz CT molecular complexity index is 937. The number of carbonyl (C=O) groups excluding carboxylic acids is 1. The molecule has 3 rings (SSSR count). The van der Waals surface area contributed by atoms with Gasteiger partial charge in [-0.05, 0) is 57.8 Å². The molecule has 32 heavy (non-hydrogen) atoms. The molecule has 0 aromatic heterocycles. The van der Waals surface area contributed by atoms with Crippen molar-refractivity contribution in [3.05, 3.63) is 59.7 Å². The molecule has 0 bridgehead atoms. The molecule has 2 aromatic carbocycles. The van der Waals surface area contributed by atoms with E-state index in [2.05, 4.69) is 0 Å². The average Bonchev–Trinajstić information content (AvgIpc) is 2.86. The Hall–Kier alpha value is -0.359. The van der Waals surface area contributed by atoms with Gasteiger partial charge in [0.2, 0.25) is 0 Å². The number of Topliss-reactive ketones (excluding diaryl/α,β-unsaturated/α-hetero) is 1. The van der Waals surface area contributed by atoms with Crippen LogP contribution in [0.4, 0.5) is 0 Å². The third-order valence-corrected chi connectivity index (χ3v) is 5.16. The second-order valence-corrected chi connectivity index (χ2v) is 9.21. The number of ketones is 1. The zero-order chi connectivity index (χ0) is 23.4. The second kappa shape index (κ2) is 11.9. The quantitative estimate of drug-likeness (QED) is 0.331. The summed E-state index contributed by atoms with van der Waals surface area (Å²) in [6.45, 7) is 9.99. The summed E-state index contributed by atoms with van der Waals surface area (Å²) in [6.07, 6.45) is 0. The van der Waals surface area contributed by atoms with Crippen molar-refractivity contribution < 1.29 is 38.1 Å². The summed E-state index contributed by atoms with van der Waals surface area (Å²) in [5.41, 5.74) is 1.48. The molecule has 3 N–H and O–H groups in total. The van der Waals surface area contributed by atoms with Gasteiger partial charge < -0.3 is 28.7 Å². The molecule has 1 aliphatic rings. The van der Waals surface area contributed by atoms with Crippen LogP contribution in [0.25, 0.3) is 0 Å². The van der Waals surface area contributed by atoms with Gasteiger partial charge >= 0.3 is 66.3 Å². The van der Waals surface area contributed by atoms with Crippen LogP contribution in [0.5, 0.6) is 5.75 Å². The molecule has 1 heterocycles. The summed E-state index contributed by atoms with van der Waals surface area (Å²) in [5, 5.41) is 0. The summed E-state index contributed by atoms with van der Waals surface area (Å²) >= 11 is 0. The molecule has 11 heteroatoms. The first kappa shape index (κ1) is 29.7. The van der Waals surface area contributed by atoms with Gasteiger partial charge in [0.1, 0.15) is 12.4 Å². The first-order chi connectivity index (χ1) is 14.2. The van der Waals surface area contributed by atoms with Crippen molar-refractivity contribution in [1.29, 1.82) is 0 Å². The maximum absolute atomic E-state index is 12.2. The Morgan fingerprint density at radius 3 is 1.97 bits per heavy atom. The summed E-state index contributed by atoms with van der Waals surface area (Å²) in [7, 11) is -5.21. The Kier molecular flexibility index (Phi) is 11.0. The topological polar surface area (TPSA) is 123 Å². The fraction of sp³-hybridized carbons (Fsp3) is 0.381. The van der Waals surface area contributed by atoms with Crippen molar-refractivity contribution in [2.45, 2.75) is 52.4 Å². The Morgan fingerprint density at radius 2 is 1.50 bits per heavy atom. The first-order valence-corrected chi connectivity index (χ1v) is 11.2. The van der Waals surface area contributed by atoms with Crippen molar-refractivity contribution >= 4 is 77.6 Å². The van der Waals surface area contributed by atoms with E-state index in [0.29, 0.717) is 17.9 Å². The van der Waals surface area contributed by atoms with Gasteiger partial charge in [0, 0.05) is 5.56 Å². The SMILES string of the molecule is CC(=O)c1cc(OCc2ccccc2)ccc1B1OC(C)(C)C(C)(C)O1.O=P(O)(O)O.[KH]. The van der Waals surface area contributed by atoms with Crippen LogP contribution in [0.3, 0.4) is 0 Å². The number of hydrogen-bond acceptors (Lipinski definition) is 5. The molecule has 1 aliphatic heterocycles. The van der Waals surface area contributed by atoms with Crippen molar-refractivity contribution in [3.8, 4) is 5.75 Å². The van der Waals surface area contributed by atoms with Gasteiger partial charge in [-0.15, -0.1) is 0 Å². The van der Waals surface area contributed by atoms with Crippen molar-refractivity contribution in [1.82, 2.24) is 0 Å². The summed E-state index contributed by atoms with van der Waals surface area (Å²) in [6, 6.07) is 15.4. The summed E-state index contributed by atoms with van der Waals surface area (Å²) in [4.78, 5) is 33.8. The molecule has 0 amide bonds. The molecule has 0 unspecified atom stereocenters. The van der Waals surface area contributed by atoms with Crippen LogP contribution in [0, 0.1) is 0 Å². The van der Waals surface area contributed by atoms with E-state index >= 15 is 0 Å². The number of ether oxygens (including phenoxy) is 1. The van der Waals surface area contributed by atoms with Gasteiger partial charge in [0.15, 0.2) is 5.78 Å². The Morgan fingerprint density at radius 1 is 1.00 bits per heavy atom. The summed E-state index contributed by atoms with van der Waals surface area (Å²) in [5.74, 6) is 0.610. The monoisotopic (exact) mass is 490 g/mol. The van der Waals surface area contributed by atoms with Crippen molar-refractivity contribution in [3.63, 3.8) is 0 Å². The number of benzene rings is 2. The van der Waals surface area contributed by atoms with Crippen LogP contribution in [0.15, 0.2) is 48.5 Å². The van der Waals surface area contributed by atoms with Gasteiger partial charge in [-0.25, -0.2) is 4.57 Å². The minimum absolute atomic E-state index is 0. The molecule has 0 radical (unpaired) electrons. The molecular formula is C21H29BKO8P. The van der Waals surface area contributed by atoms with E-state index in [9.17, 15) is 4.79 Å². The van der Waals surface area contributed by atoms with Gasteiger partial charge in [-0.2, -0.15) is 0 Å². The zero-order valence-corrected chi connectivity index (χ0v) is 19.1. The minimum atomic E-state index is -4.64. The van der Waals surface area contributed by atoms with Gasteiger partial charge in [0.05, 0.1) is 11.2 Å². The fourth-order valence-corrected chi connectivity index (χ4v) is 2.85. The van der Waals surface area contributed by atoms with E-state index in [0.717, 1.165) is 11.0 Å². The molecule has 1 fully saturated rings. The fourth-order valence-electron chi connectivity index (χ4n) is 2.85. The van der Waals surface area contributed by atoms with Gasteiger partial charge in [0.25, 0.3) is 0 Å². The molecule has 0 atom stereocenters. The van der Waals surface area contributed by atoms with E-state index in [4.69, 9.17) is 33.3 Å². The Balaban J connectivity index is 0.000000770. The number of rotatable bonds is 5. The van der Waals surface area contributed by atoms with E-state index < -0.39 is 26.1 Å². The molecule has 170 valence electrons. The second-order valence-electron chi connectivity index (χ2n) is 8.18. The van der Waals surface area contributed by atoms with E-state index in [-0.39, 0.29) is 57.2 Å². The normalized spacial score (nSPS) is 16.4. The Labute approximate surface area is 231 Å². The molecule has 0 saturated carbocycles. The van der Waals surface area contributed by atoms with Crippen LogP contribution in [0.2, 0.25) is 0 Å². The third kappa shape index (κ3) is 8.77. The van der Waals surface area contributed by atoms with Crippen LogP contribution >= 0.6 is 7.82 Å². The maximum atomic E-state index is 12.2. The molecule has 0 aliphatic carbocycles. The van der Waals surface area contributed by atoms with Crippen LogP contribution in [-0.4, -0.2) is 90.2 Å². The summed E-state index contributed by atoms with van der Waals surface area (Å²) < 4.78 is 26.9. The van der Waals surface area contributed by atoms with Crippen molar-refractivity contribution in [2.24, 2.45) is 0 Å². The average molecular weight is 490 g/mol. The van der Waals surface area contributed by atoms with Crippen LogP contribution in [-0.2, 0) is 20.5 Å². The van der Waals surface area contributed by atoms with E-state index in [1.165, 1.54) is 0 Å². The molecule has 1 saturated heterocycles. The van der Waals surface area contributed by atoms with Crippen molar-refractivity contribution in [2.75, 3.05) is 0 Å².